The van der Waals surface area contributed by atoms with Gasteiger partial charge in [0, 0.05) is 43.9 Å². The molecule has 0 radical (unpaired) electrons. The molecule has 10 heteroatoms. The van der Waals surface area contributed by atoms with Crippen LogP contribution < -0.4 is 0 Å². The van der Waals surface area contributed by atoms with Gasteiger partial charge in [-0.1, -0.05) is 25.1 Å². The molecule has 1 N–H and O–H groups in total. The molecule has 1 fully saturated rings. The largest absolute Gasteiger partial charge is 0.396 e. The molecule has 0 aliphatic heterocycles. The van der Waals surface area contributed by atoms with Crippen molar-refractivity contribution in [2.24, 2.45) is 5.92 Å². The minimum absolute atomic E-state index is 0. The first-order chi connectivity index (χ1) is 16.3. The summed E-state index contributed by atoms with van der Waals surface area (Å²) in [6, 6.07) is 4.58. The van der Waals surface area contributed by atoms with Gasteiger partial charge in [0.25, 0.3) is 0 Å². The lowest BCUT2D eigenvalue weighted by molar-refractivity contribution is -0.118. The molecule has 3 aromatic rings. The van der Waals surface area contributed by atoms with E-state index in [1.54, 1.807) is 0 Å². The molecule has 0 amide bonds. The Morgan fingerprint density at radius 1 is 1.26 bits per heavy atom. The molecule has 1 aliphatic carbocycles. The van der Waals surface area contributed by atoms with Gasteiger partial charge in [-0.2, -0.15) is 0 Å². The van der Waals surface area contributed by atoms with Crippen LogP contribution in [-0.4, -0.2) is 37.4 Å². The maximum atomic E-state index is 13.9. The lowest BCUT2D eigenvalue weighted by atomic mass is 9.93. The summed E-state index contributed by atoms with van der Waals surface area (Å²) in [6.45, 7) is 5.56. The molecule has 1 saturated carbocycles. The summed E-state index contributed by atoms with van der Waals surface area (Å²) < 4.78 is 34.9. The summed E-state index contributed by atoms with van der Waals surface area (Å²) >= 11 is 0. The molecular formula is C25H31ClF2N4O3. The molecule has 4 rings (SSSR count). The van der Waals surface area contributed by atoms with Crippen molar-refractivity contribution in [1.29, 1.82) is 0 Å². The van der Waals surface area contributed by atoms with Crippen molar-refractivity contribution in [2.45, 2.75) is 71.3 Å². The molecule has 0 saturated heterocycles. The third kappa shape index (κ3) is 6.13. The van der Waals surface area contributed by atoms with Crippen molar-refractivity contribution in [2.75, 3.05) is 6.61 Å². The highest BCUT2D eigenvalue weighted by atomic mass is 35.5. The van der Waals surface area contributed by atoms with Crippen LogP contribution in [0.4, 0.5) is 8.78 Å². The van der Waals surface area contributed by atoms with Crippen LogP contribution in [0.2, 0.25) is 0 Å². The number of carbonyl (C=O) groups is 1. The van der Waals surface area contributed by atoms with Crippen LogP contribution in [0.3, 0.4) is 0 Å². The van der Waals surface area contributed by atoms with Crippen LogP contribution in [0, 0.1) is 24.5 Å². The van der Waals surface area contributed by atoms with Gasteiger partial charge >= 0.3 is 0 Å². The fraction of sp³-hybridized carbons (Fsp3) is 0.520. The summed E-state index contributed by atoms with van der Waals surface area (Å²) in [4.78, 5) is 12.9. The number of benzene rings is 1. The number of ketones is 1. The molecule has 0 bridgehead atoms. The maximum Gasteiger partial charge on any atom is 0.186 e. The molecule has 0 spiro atoms. The molecule has 2 heterocycles. The van der Waals surface area contributed by atoms with Crippen molar-refractivity contribution < 1.29 is 23.2 Å². The molecule has 190 valence electrons. The third-order valence-electron chi connectivity index (χ3n) is 6.19. The van der Waals surface area contributed by atoms with Crippen LogP contribution in [0.25, 0.3) is 11.5 Å². The van der Waals surface area contributed by atoms with Crippen LogP contribution in [0.15, 0.2) is 22.7 Å². The van der Waals surface area contributed by atoms with Crippen LogP contribution in [-0.2, 0) is 17.6 Å². The van der Waals surface area contributed by atoms with Gasteiger partial charge in [0.2, 0.25) is 0 Å². The van der Waals surface area contributed by atoms with E-state index in [9.17, 15) is 18.7 Å². The van der Waals surface area contributed by atoms with Crippen molar-refractivity contribution in [3.05, 3.63) is 52.5 Å². The number of nitrogens with zero attached hydrogens (tertiary/aromatic N) is 4. The van der Waals surface area contributed by atoms with E-state index in [1.165, 1.54) is 13.0 Å². The van der Waals surface area contributed by atoms with E-state index in [1.807, 2.05) is 10.6 Å². The predicted octanol–water partition coefficient (Wildman–Crippen LogP) is 5.14. The zero-order valence-electron chi connectivity index (χ0n) is 20.1. The van der Waals surface area contributed by atoms with Gasteiger partial charge in [-0.05, 0) is 49.3 Å². The minimum atomic E-state index is -0.931. The van der Waals surface area contributed by atoms with Gasteiger partial charge in [-0.25, -0.2) is 8.78 Å². The Hall–Kier alpha value is -2.65. The van der Waals surface area contributed by atoms with E-state index in [0.29, 0.717) is 35.2 Å². The van der Waals surface area contributed by atoms with Crippen molar-refractivity contribution in [3.63, 3.8) is 0 Å². The highest BCUT2D eigenvalue weighted by Gasteiger charge is 2.34. The Morgan fingerprint density at radius 2 is 2.00 bits per heavy atom. The lowest BCUT2D eigenvalue weighted by Crippen LogP contribution is -2.16. The normalized spacial score (nSPS) is 14.3. The predicted molar refractivity (Wildman–Crippen MR) is 128 cm³/mol. The zero-order valence-corrected chi connectivity index (χ0v) is 20.9. The Labute approximate surface area is 209 Å². The first-order valence-corrected chi connectivity index (χ1v) is 11.7. The number of halogens is 3. The van der Waals surface area contributed by atoms with E-state index in [0.717, 1.165) is 31.1 Å². The lowest BCUT2D eigenvalue weighted by Gasteiger charge is -2.17. The van der Waals surface area contributed by atoms with Gasteiger partial charge in [0.05, 0.1) is 0 Å². The molecule has 0 unspecified atom stereocenters. The number of hydrogen-bond acceptors (Lipinski definition) is 6. The number of aromatic nitrogens is 4. The second-order valence-corrected chi connectivity index (χ2v) is 9.53. The second kappa shape index (κ2) is 11.4. The van der Waals surface area contributed by atoms with Gasteiger partial charge in [-0.15, -0.1) is 22.6 Å². The van der Waals surface area contributed by atoms with E-state index in [4.69, 9.17) is 4.52 Å². The first kappa shape index (κ1) is 26.9. The average Bonchev–Trinajstić information content (AvgIpc) is 3.36. The average molecular weight is 509 g/mol. The molecule has 35 heavy (non-hydrogen) atoms. The standard InChI is InChI=1S/C25H30F2N4O3.ClH/c1-14(2)10-20-13-22(30-34-20)25-29-28-24(31(25)18-5-6-18)17(8-9-32)12-19(33)11-16-4-7-21(26)23(27)15(16)3;/h4,7,13-14,17-18,32H,5-6,8-12H2,1-3H3;1H/t17-;/m0./s1. The van der Waals surface area contributed by atoms with Crippen molar-refractivity contribution >= 4 is 18.2 Å². The van der Waals surface area contributed by atoms with E-state index in [-0.39, 0.29) is 55.2 Å². The number of carbonyl (C=O) groups excluding carboxylic acids is 1. The quantitative estimate of drug-likeness (QED) is 0.385. The Morgan fingerprint density at radius 3 is 2.66 bits per heavy atom. The molecule has 1 aromatic carbocycles. The van der Waals surface area contributed by atoms with Crippen LogP contribution >= 0.6 is 12.4 Å². The monoisotopic (exact) mass is 508 g/mol. The third-order valence-corrected chi connectivity index (χ3v) is 6.19. The van der Waals surface area contributed by atoms with Gasteiger partial charge < -0.3 is 14.2 Å². The molecule has 2 aromatic heterocycles. The number of rotatable bonds is 11. The van der Waals surface area contributed by atoms with E-state index < -0.39 is 11.6 Å². The molecule has 1 aliphatic rings. The summed E-state index contributed by atoms with van der Waals surface area (Å²) in [7, 11) is 0. The second-order valence-electron chi connectivity index (χ2n) is 9.53. The summed E-state index contributed by atoms with van der Waals surface area (Å²) in [5.41, 5.74) is 1.20. The summed E-state index contributed by atoms with van der Waals surface area (Å²) in [5, 5.41) is 22.7. The fourth-order valence-corrected chi connectivity index (χ4v) is 4.29. The first-order valence-electron chi connectivity index (χ1n) is 11.7. The number of aliphatic hydroxyl groups is 1. The Bertz CT molecular complexity index is 1170. The van der Waals surface area contributed by atoms with E-state index >= 15 is 0 Å². The SMILES string of the molecule is Cc1c(CC(=O)C[C@H](CCO)c2nnc(-c3cc(CC(C)C)on3)n2C2CC2)ccc(F)c1F.Cl. The van der Waals surface area contributed by atoms with Gasteiger partial charge in [0.15, 0.2) is 23.2 Å². The highest BCUT2D eigenvalue weighted by Crippen LogP contribution is 2.41. The maximum absolute atomic E-state index is 13.9. The Kier molecular flexibility index (Phi) is 8.77. The van der Waals surface area contributed by atoms with Crippen LogP contribution in [0.1, 0.15) is 74.2 Å². The van der Waals surface area contributed by atoms with Gasteiger partial charge in [-0.3, -0.25) is 4.79 Å². The van der Waals surface area contributed by atoms with Crippen LogP contribution in [0.5, 0.6) is 0 Å². The van der Waals surface area contributed by atoms with Gasteiger partial charge in [0.1, 0.15) is 17.4 Å². The summed E-state index contributed by atoms with van der Waals surface area (Å²) in [5.74, 6) is 0.0864. The topological polar surface area (TPSA) is 94.0 Å². The molecule has 1 atom stereocenters. The van der Waals surface area contributed by atoms with E-state index in [2.05, 4.69) is 29.2 Å². The van der Waals surface area contributed by atoms with Crippen molar-refractivity contribution in [3.8, 4) is 11.5 Å². The highest BCUT2D eigenvalue weighted by molar-refractivity contribution is 5.85. The minimum Gasteiger partial charge on any atom is -0.396 e. The summed E-state index contributed by atoms with van der Waals surface area (Å²) in [6.07, 6.45) is 3.15. The van der Waals surface area contributed by atoms with Crippen molar-refractivity contribution in [1.82, 2.24) is 19.9 Å². The fourth-order valence-electron chi connectivity index (χ4n) is 4.29. The number of hydrogen-bond donors (Lipinski definition) is 1. The molecular weight excluding hydrogens is 478 g/mol. The number of Topliss-reactive ketones (excluding diaryl/α,β-unsaturated/α-hetero) is 1. The zero-order chi connectivity index (χ0) is 24.4. The Balaban J connectivity index is 0.00000342. The molecule has 7 nitrogen and oxygen atoms in total. The number of aliphatic hydroxyl groups excluding tert-OH is 1. The smallest absolute Gasteiger partial charge is 0.186 e.